The van der Waals surface area contributed by atoms with Crippen LogP contribution in [0.25, 0.3) is 6.08 Å². The van der Waals surface area contributed by atoms with E-state index < -0.39 is 34.6 Å². The van der Waals surface area contributed by atoms with E-state index in [1.807, 2.05) is 0 Å². The maximum Gasteiger partial charge on any atom is 0.203 e. The van der Waals surface area contributed by atoms with Gasteiger partial charge < -0.3 is 14.2 Å². The number of thioether (sulfide) groups is 1. The Morgan fingerprint density at radius 1 is 0.778 bits per heavy atom. The van der Waals surface area contributed by atoms with Crippen LogP contribution in [-0.4, -0.2) is 21.3 Å². The fourth-order valence-electron chi connectivity index (χ4n) is 2.30. The van der Waals surface area contributed by atoms with Gasteiger partial charge in [-0.15, -0.1) is 11.8 Å². The molecule has 0 aliphatic rings. The van der Waals surface area contributed by atoms with Crippen LogP contribution >= 0.6 is 11.8 Å². The van der Waals surface area contributed by atoms with Crippen LogP contribution in [0.3, 0.4) is 0 Å². The highest BCUT2D eigenvalue weighted by atomic mass is 32.2. The van der Waals surface area contributed by atoms with Crippen LogP contribution in [0.2, 0.25) is 0 Å². The molecule has 146 valence electrons. The van der Waals surface area contributed by atoms with Crippen molar-refractivity contribution in [3.8, 4) is 17.2 Å². The average molecular weight is 406 g/mol. The zero-order chi connectivity index (χ0) is 20.1. The van der Waals surface area contributed by atoms with Crippen molar-refractivity contribution in [2.45, 2.75) is 5.75 Å². The number of rotatable bonds is 7. The van der Waals surface area contributed by atoms with Gasteiger partial charge in [-0.1, -0.05) is 6.07 Å². The van der Waals surface area contributed by atoms with E-state index >= 15 is 0 Å². The molecule has 0 fully saturated rings. The van der Waals surface area contributed by atoms with Crippen molar-refractivity contribution in [2.24, 2.45) is 0 Å². The zero-order valence-corrected chi connectivity index (χ0v) is 15.4. The third kappa shape index (κ3) is 4.13. The Morgan fingerprint density at radius 3 is 1.85 bits per heavy atom. The first-order chi connectivity index (χ1) is 12.9. The number of halogens is 5. The molecule has 0 radical (unpaired) electrons. The Bertz CT molecular complexity index is 842. The van der Waals surface area contributed by atoms with Gasteiger partial charge in [0.2, 0.25) is 11.6 Å². The lowest BCUT2D eigenvalue weighted by molar-refractivity contribution is 0.323. The van der Waals surface area contributed by atoms with Gasteiger partial charge in [-0.25, -0.2) is 22.0 Å². The third-order valence-corrected chi connectivity index (χ3v) is 4.41. The second-order valence-electron chi connectivity index (χ2n) is 5.09. The van der Waals surface area contributed by atoms with E-state index in [1.54, 1.807) is 12.1 Å². The fourth-order valence-corrected chi connectivity index (χ4v) is 3.03. The molecule has 9 heteroatoms. The molecule has 0 amide bonds. The summed E-state index contributed by atoms with van der Waals surface area (Å²) in [5, 5.41) is 1.23. The van der Waals surface area contributed by atoms with E-state index in [-0.39, 0.29) is 5.75 Å². The van der Waals surface area contributed by atoms with Crippen molar-refractivity contribution in [3.05, 3.63) is 57.8 Å². The van der Waals surface area contributed by atoms with Crippen molar-refractivity contribution in [1.29, 1.82) is 0 Å². The molecular formula is C18H15F5O3S. The second kappa shape index (κ2) is 8.98. The molecule has 0 aliphatic heterocycles. The standard InChI is InChI=1S/C18H15F5O3S/c1-24-11-5-4-9(17(25-2)18(11)26-3)8-27-7-6-10-12(19)14(21)16(23)15(22)13(10)20/h4-7H,8H2,1-3H3/b7-6-. The second-order valence-corrected chi connectivity index (χ2v) is 5.98. The summed E-state index contributed by atoms with van der Waals surface area (Å²) >= 11 is 1.07. The van der Waals surface area contributed by atoms with Gasteiger partial charge in [0.25, 0.3) is 0 Å². The van der Waals surface area contributed by atoms with E-state index in [0.29, 0.717) is 22.8 Å². The van der Waals surface area contributed by atoms with Crippen LogP contribution in [0.1, 0.15) is 11.1 Å². The number of methoxy groups -OCH3 is 3. The van der Waals surface area contributed by atoms with Gasteiger partial charge in [-0.2, -0.15) is 0 Å². The summed E-state index contributed by atoms with van der Waals surface area (Å²) in [4.78, 5) is 0. The molecule has 0 saturated heterocycles. The van der Waals surface area contributed by atoms with Crippen LogP contribution < -0.4 is 14.2 Å². The van der Waals surface area contributed by atoms with Gasteiger partial charge in [0.05, 0.1) is 26.9 Å². The molecule has 3 nitrogen and oxygen atoms in total. The summed E-state index contributed by atoms with van der Waals surface area (Å²) < 4.78 is 82.4. The zero-order valence-electron chi connectivity index (χ0n) is 14.5. The molecule has 2 aromatic rings. The molecule has 0 saturated carbocycles. The van der Waals surface area contributed by atoms with Gasteiger partial charge in [0.1, 0.15) is 0 Å². The molecule has 0 spiro atoms. The monoisotopic (exact) mass is 406 g/mol. The van der Waals surface area contributed by atoms with Gasteiger partial charge >= 0.3 is 0 Å². The summed E-state index contributed by atoms with van der Waals surface area (Å²) in [5.74, 6) is -8.39. The minimum atomic E-state index is -2.19. The van der Waals surface area contributed by atoms with Crippen molar-refractivity contribution >= 4 is 17.8 Å². The van der Waals surface area contributed by atoms with E-state index in [1.165, 1.54) is 26.7 Å². The summed E-state index contributed by atoms with van der Waals surface area (Å²) in [7, 11) is 4.36. The van der Waals surface area contributed by atoms with E-state index in [2.05, 4.69) is 0 Å². The first-order valence-corrected chi connectivity index (χ1v) is 8.49. The number of hydrogen-bond donors (Lipinski definition) is 0. The average Bonchev–Trinajstić information content (AvgIpc) is 2.69. The maximum absolute atomic E-state index is 13.6. The number of hydrogen-bond acceptors (Lipinski definition) is 4. The van der Waals surface area contributed by atoms with Crippen molar-refractivity contribution in [3.63, 3.8) is 0 Å². The summed E-state index contributed by atoms with van der Waals surface area (Å²) in [6, 6.07) is 3.37. The lowest BCUT2D eigenvalue weighted by Crippen LogP contribution is -2.03. The maximum atomic E-state index is 13.6. The third-order valence-electron chi connectivity index (χ3n) is 3.60. The molecule has 2 rings (SSSR count). The molecule has 0 N–H and O–H groups in total. The predicted octanol–water partition coefficient (Wildman–Crippen LogP) is 5.31. The molecule has 0 heterocycles. The Kier molecular flexibility index (Phi) is 6.95. The van der Waals surface area contributed by atoms with Crippen molar-refractivity contribution in [2.75, 3.05) is 21.3 Å². The van der Waals surface area contributed by atoms with E-state index in [9.17, 15) is 22.0 Å². The highest BCUT2D eigenvalue weighted by molar-refractivity contribution is 8.01. The minimum absolute atomic E-state index is 0.287. The highest BCUT2D eigenvalue weighted by Gasteiger charge is 2.24. The van der Waals surface area contributed by atoms with Crippen LogP contribution in [0.5, 0.6) is 17.2 Å². The lowest BCUT2D eigenvalue weighted by atomic mass is 10.1. The van der Waals surface area contributed by atoms with Crippen molar-refractivity contribution in [1.82, 2.24) is 0 Å². The smallest absolute Gasteiger partial charge is 0.203 e. The van der Waals surface area contributed by atoms with Gasteiger partial charge in [-0.3, -0.25) is 0 Å². The first kappa shape index (κ1) is 20.9. The molecular weight excluding hydrogens is 391 g/mol. The quantitative estimate of drug-likeness (QED) is 0.354. The largest absolute Gasteiger partial charge is 0.493 e. The normalized spacial score (nSPS) is 11.1. The Morgan fingerprint density at radius 2 is 1.33 bits per heavy atom. The van der Waals surface area contributed by atoms with Gasteiger partial charge in [-0.05, 0) is 17.6 Å². The highest BCUT2D eigenvalue weighted by Crippen LogP contribution is 2.41. The van der Waals surface area contributed by atoms with Gasteiger partial charge in [0.15, 0.2) is 34.8 Å². The van der Waals surface area contributed by atoms with E-state index in [4.69, 9.17) is 14.2 Å². The number of ether oxygens (including phenoxy) is 3. The SMILES string of the molecule is COc1ccc(CS/C=C\c2c(F)c(F)c(F)c(F)c2F)c(OC)c1OC. The van der Waals surface area contributed by atoms with Crippen LogP contribution in [0.4, 0.5) is 22.0 Å². The molecule has 2 aromatic carbocycles. The summed E-state index contributed by atoms with van der Waals surface area (Å²) in [6.07, 6.45) is 0.828. The minimum Gasteiger partial charge on any atom is -0.493 e. The van der Waals surface area contributed by atoms with Gasteiger partial charge in [0, 0.05) is 11.3 Å². The van der Waals surface area contributed by atoms with Crippen LogP contribution in [-0.2, 0) is 5.75 Å². The Labute approximate surface area is 156 Å². The first-order valence-electron chi connectivity index (χ1n) is 7.44. The molecule has 0 unspecified atom stereocenters. The predicted molar refractivity (Wildman–Crippen MR) is 92.7 cm³/mol. The number of benzene rings is 2. The fraction of sp³-hybridized carbons (Fsp3) is 0.222. The molecule has 0 aliphatic carbocycles. The molecule has 0 atom stereocenters. The topological polar surface area (TPSA) is 27.7 Å². The van der Waals surface area contributed by atoms with Crippen molar-refractivity contribution < 1.29 is 36.2 Å². The van der Waals surface area contributed by atoms with Crippen LogP contribution in [0, 0.1) is 29.1 Å². The Balaban J connectivity index is 2.23. The summed E-state index contributed by atoms with van der Waals surface area (Å²) in [5.41, 5.74) is -0.319. The Hall–Kier alpha value is -2.42. The lowest BCUT2D eigenvalue weighted by Gasteiger charge is -2.15. The van der Waals surface area contributed by atoms with E-state index in [0.717, 1.165) is 17.8 Å². The molecule has 0 aromatic heterocycles. The molecule has 27 heavy (non-hydrogen) atoms. The summed E-state index contributed by atoms with van der Waals surface area (Å²) in [6.45, 7) is 0. The molecule has 0 bridgehead atoms. The van der Waals surface area contributed by atoms with Crippen LogP contribution in [0.15, 0.2) is 17.5 Å².